The SMILES string of the molecule is Nc1ccc(S(=O)(=O)NCCCN2CCCC2)c(Cl)c1. The van der Waals surface area contributed by atoms with Gasteiger partial charge in [-0.15, -0.1) is 0 Å². The Kier molecular flexibility index (Phi) is 5.26. The largest absolute Gasteiger partial charge is 0.399 e. The number of hydrogen-bond donors (Lipinski definition) is 2. The first-order chi connectivity index (χ1) is 9.49. The second-order valence-corrected chi connectivity index (χ2v) is 7.13. The number of nitrogen functional groups attached to an aromatic ring is 1. The van der Waals surface area contributed by atoms with Gasteiger partial charge >= 0.3 is 0 Å². The summed E-state index contributed by atoms with van der Waals surface area (Å²) in [4.78, 5) is 2.43. The van der Waals surface area contributed by atoms with Gasteiger partial charge in [-0.25, -0.2) is 13.1 Å². The molecule has 1 heterocycles. The molecule has 0 spiro atoms. The normalized spacial score (nSPS) is 16.6. The minimum atomic E-state index is -3.56. The molecule has 7 heteroatoms. The van der Waals surface area contributed by atoms with Gasteiger partial charge in [-0.05, 0) is 57.1 Å². The molecule has 5 nitrogen and oxygen atoms in total. The van der Waals surface area contributed by atoms with E-state index in [1.165, 1.54) is 31.0 Å². The fourth-order valence-electron chi connectivity index (χ4n) is 2.33. The fourth-order valence-corrected chi connectivity index (χ4v) is 3.95. The predicted molar refractivity (Wildman–Crippen MR) is 81.3 cm³/mol. The third-order valence-corrected chi connectivity index (χ3v) is 5.33. The maximum Gasteiger partial charge on any atom is 0.242 e. The summed E-state index contributed by atoms with van der Waals surface area (Å²) >= 11 is 5.92. The van der Waals surface area contributed by atoms with Gasteiger partial charge < -0.3 is 10.6 Å². The van der Waals surface area contributed by atoms with Crippen molar-refractivity contribution in [3.05, 3.63) is 23.2 Å². The number of hydrogen-bond acceptors (Lipinski definition) is 4. The van der Waals surface area contributed by atoms with Crippen LogP contribution in [0.1, 0.15) is 19.3 Å². The Labute approximate surface area is 125 Å². The third-order valence-electron chi connectivity index (χ3n) is 3.39. The molecule has 3 N–H and O–H groups in total. The highest BCUT2D eigenvalue weighted by atomic mass is 35.5. The first kappa shape index (κ1) is 15.6. The lowest BCUT2D eigenvalue weighted by Gasteiger charge is -2.14. The number of rotatable bonds is 6. The molecule has 0 bridgehead atoms. The molecule has 2 rings (SSSR count). The molecule has 1 aliphatic heterocycles. The fraction of sp³-hybridized carbons (Fsp3) is 0.538. The van der Waals surface area contributed by atoms with E-state index in [0.717, 1.165) is 26.1 Å². The zero-order chi connectivity index (χ0) is 14.6. The third kappa shape index (κ3) is 4.09. The molecule has 1 aromatic carbocycles. The standard InChI is InChI=1S/C13H20ClN3O2S/c14-12-10-11(15)4-5-13(12)20(18,19)16-6-3-9-17-7-1-2-8-17/h4-5,10,16H,1-3,6-9,15H2. The van der Waals surface area contributed by atoms with Crippen LogP contribution >= 0.6 is 11.6 Å². The van der Waals surface area contributed by atoms with E-state index in [-0.39, 0.29) is 9.92 Å². The number of halogens is 1. The average molecular weight is 318 g/mol. The minimum absolute atomic E-state index is 0.0783. The van der Waals surface area contributed by atoms with E-state index in [2.05, 4.69) is 9.62 Å². The summed E-state index contributed by atoms with van der Waals surface area (Å²) in [5.41, 5.74) is 6.00. The Balaban J connectivity index is 1.87. The summed E-state index contributed by atoms with van der Waals surface area (Å²) in [7, 11) is -3.56. The Morgan fingerprint density at radius 3 is 2.65 bits per heavy atom. The summed E-state index contributed by atoms with van der Waals surface area (Å²) in [6.07, 6.45) is 3.28. The molecule has 0 aromatic heterocycles. The smallest absolute Gasteiger partial charge is 0.242 e. The van der Waals surface area contributed by atoms with Crippen LogP contribution < -0.4 is 10.5 Å². The molecule has 1 saturated heterocycles. The van der Waals surface area contributed by atoms with Crippen molar-refractivity contribution >= 4 is 27.3 Å². The second-order valence-electron chi connectivity index (χ2n) is 4.99. The van der Waals surface area contributed by atoms with Crippen molar-refractivity contribution in [3.8, 4) is 0 Å². The van der Waals surface area contributed by atoms with Crippen molar-refractivity contribution in [2.45, 2.75) is 24.2 Å². The monoisotopic (exact) mass is 317 g/mol. The van der Waals surface area contributed by atoms with Gasteiger partial charge in [0.2, 0.25) is 10.0 Å². The van der Waals surface area contributed by atoms with E-state index in [0.29, 0.717) is 12.2 Å². The Morgan fingerprint density at radius 2 is 2.00 bits per heavy atom. The lowest BCUT2D eigenvalue weighted by Crippen LogP contribution is -2.29. The number of nitrogens with two attached hydrogens (primary N) is 1. The molecule has 0 aliphatic carbocycles. The first-order valence-electron chi connectivity index (χ1n) is 6.76. The highest BCUT2D eigenvalue weighted by Crippen LogP contribution is 2.23. The lowest BCUT2D eigenvalue weighted by atomic mass is 10.3. The van der Waals surface area contributed by atoms with Crippen molar-refractivity contribution in [2.75, 3.05) is 31.9 Å². The number of anilines is 1. The van der Waals surface area contributed by atoms with E-state index in [1.807, 2.05) is 0 Å². The van der Waals surface area contributed by atoms with Gasteiger partial charge in [-0.2, -0.15) is 0 Å². The number of benzene rings is 1. The summed E-state index contributed by atoms with van der Waals surface area (Å²) < 4.78 is 26.8. The highest BCUT2D eigenvalue weighted by Gasteiger charge is 2.17. The van der Waals surface area contributed by atoms with Crippen molar-refractivity contribution in [3.63, 3.8) is 0 Å². The van der Waals surface area contributed by atoms with E-state index in [9.17, 15) is 8.42 Å². The van der Waals surface area contributed by atoms with Crippen LogP contribution in [-0.2, 0) is 10.0 Å². The molecule has 0 unspecified atom stereocenters. The molecule has 1 aliphatic rings. The molecular weight excluding hydrogens is 298 g/mol. The van der Waals surface area contributed by atoms with E-state index in [4.69, 9.17) is 17.3 Å². The van der Waals surface area contributed by atoms with Gasteiger partial charge in [-0.1, -0.05) is 11.6 Å². The number of sulfonamides is 1. The molecule has 112 valence electrons. The average Bonchev–Trinajstić information content (AvgIpc) is 2.87. The van der Waals surface area contributed by atoms with Crippen molar-refractivity contribution < 1.29 is 8.42 Å². The zero-order valence-electron chi connectivity index (χ0n) is 11.3. The highest BCUT2D eigenvalue weighted by molar-refractivity contribution is 7.89. The Hall–Kier alpha value is -0.820. The van der Waals surface area contributed by atoms with Gasteiger partial charge in [0.15, 0.2) is 0 Å². The van der Waals surface area contributed by atoms with Crippen molar-refractivity contribution in [1.82, 2.24) is 9.62 Å². The van der Waals surface area contributed by atoms with Crippen LogP contribution in [0.2, 0.25) is 5.02 Å². The molecule has 20 heavy (non-hydrogen) atoms. The van der Waals surface area contributed by atoms with Crippen molar-refractivity contribution in [2.24, 2.45) is 0 Å². The second kappa shape index (κ2) is 6.76. The number of nitrogens with zero attached hydrogens (tertiary/aromatic N) is 1. The zero-order valence-corrected chi connectivity index (χ0v) is 12.9. The Bertz CT molecular complexity index is 557. The summed E-state index contributed by atoms with van der Waals surface area (Å²) in [6.45, 7) is 3.59. The summed E-state index contributed by atoms with van der Waals surface area (Å²) in [5, 5.41) is 0.150. The van der Waals surface area contributed by atoms with Gasteiger partial charge in [0.05, 0.1) is 5.02 Å². The molecule has 0 atom stereocenters. The maximum atomic E-state index is 12.1. The van der Waals surface area contributed by atoms with Gasteiger partial charge in [-0.3, -0.25) is 0 Å². The quantitative estimate of drug-likeness (QED) is 0.618. The van der Waals surface area contributed by atoms with Crippen LogP contribution in [-0.4, -0.2) is 39.5 Å². The van der Waals surface area contributed by atoms with Gasteiger partial charge in [0.1, 0.15) is 4.90 Å². The van der Waals surface area contributed by atoms with Crippen LogP contribution in [0.5, 0.6) is 0 Å². The molecular formula is C13H20ClN3O2S. The first-order valence-corrected chi connectivity index (χ1v) is 8.62. The van der Waals surface area contributed by atoms with Crippen LogP contribution in [0.4, 0.5) is 5.69 Å². The minimum Gasteiger partial charge on any atom is -0.399 e. The van der Waals surface area contributed by atoms with Gasteiger partial charge in [0, 0.05) is 12.2 Å². The van der Waals surface area contributed by atoms with E-state index in [1.54, 1.807) is 0 Å². The lowest BCUT2D eigenvalue weighted by molar-refractivity contribution is 0.334. The van der Waals surface area contributed by atoms with Crippen LogP contribution in [0, 0.1) is 0 Å². The van der Waals surface area contributed by atoms with Gasteiger partial charge in [0.25, 0.3) is 0 Å². The topological polar surface area (TPSA) is 75.4 Å². The van der Waals surface area contributed by atoms with Crippen LogP contribution in [0.3, 0.4) is 0 Å². The molecule has 0 amide bonds. The van der Waals surface area contributed by atoms with E-state index >= 15 is 0 Å². The molecule has 1 fully saturated rings. The van der Waals surface area contributed by atoms with Crippen LogP contribution in [0.25, 0.3) is 0 Å². The van der Waals surface area contributed by atoms with Crippen molar-refractivity contribution in [1.29, 1.82) is 0 Å². The van der Waals surface area contributed by atoms with Crippen LogP contribution in [0.15, 0.2) is 23.1 Å². The summed E-state index contributed by atoms with van der Waals surface area (Å²) in [5.74, 6) is 0. The molecule has 0 radical (unpaired) electrons. The number of likely N-dealkylation sites (tertiary alicyclic amines) is 1. The molecule has 1 aromatic rings. The predicted octanol–water partition coefficient (Wildman–Crippen LogP) is 1.69. The summed E-state index contributed by atoms with van der Waals surface area (Å²) in [6, 6.07) is 4.41. The maximum absolute atomic E-state index is 12.1. The number of nitrogens with one attached hydrogen (secondary N) is 1. The Morgan fingerprint density at radius 1 is 1.30 bits per heavy atom. The molecule has 0 saturated carbocycles. The van der Waals surface area contributed by atoms with E-state index < -0.39 is 10.0 Å².